The first-order chi connectivity index (χ1) is 11.1. The summed E-state index contributed by atoms with van der Waals surface area (Å²) in [5.74, 6) is -0.173. The number of nitrogens with zero attached hydrogens (tertiary/aromatic N) is 2. The molecule has 0 bridgehead atoms. The first kappa shape index (κ1) is 15.6. The van der Waals surface area contributed by atoms with Crippen LogP contribution in [0, 0.1) is 10.1 Å². The number of carbonyl (C=O) groups is 1. The number of aryl methyl sites for hydroxylation is 1. The summed E-state index contributed by atoms with van der Waals surface area (Å²) in [4.78, 5) is 22.9. The van der Waals surface area contributed by atoms with Crippen LogP contribution in [-0.4, -0.2) is 17.3 Å². The van der Waals surface area contributed by atoms with Gasteiger partial charge in [0.05, 0.1) is 10.6 Å². The van der Waals surface area contributed by atoms with E-state index in [2.05, 4.69) is 10.4 Å². The molecule has 1 aliphatic rings. The molecule has 2 aromatic carbocycles. The van der Waals surface area contributed by atoms with Crippen molar-refractivity contribution in [3.8, 4) is 0 Å². The summed E-state index contributed by atoms with van der Waals surface area (Å²) in [5, 5.41) is 11.3. The predicted molar refractivity (Wildman–Crippen MR) is 91.1 cm³/mol. The van der Waals surface area contributed by atoms with Crippen LogP contribution in [0.3, 0.4) is 0 Å². The van der Waals surface area contributed by atoms with E-state index in [1.54, 1.807) is 12.1 Å². The van der Waals surface area contributed by atoms with Crippen LogP contribution in [0.4, 0.5) is 11.4 Å². The monoisotopic (exact) mass is 328 g/mol. The van der Waals surface area contributed by atoms with Crippen LogP contribution in [-0.2, 0) is 6.42 Å². The van der Waals surface area contributed by atoms with E-state index >= 15 is 0 Å². The minimum atomic E-state index is -0.426. The Morgan fingerprint density at radius 3 is 2.78 bits per heavy atom. The van der Waals surface area contributed by atoms with Gasteiger partial charge in [0.25, 0.3) is 5.69 Å². The number of ketones is 1. The number of benzene rings is 2. The maximum absolute atomic E-state index is 11.4. The van der Waals surface area contributed by atoms with E-state index in [1.807, 2.05) is 18.2 Å². The molecule has 5 nitrogen and oxygen atoms in total. The molecule has 3 rings (SSSR count). The standard InChI is InChI=1S/C17H16N2O3S/c1-12(20)14-8-9-17(16(11-14)19(21)22)23-18-10-4-6-13-5-2-3-7-15(13)18/h2-3,5,7-9,11H,4,6,10H2,1H3. The Kier molecular flexibility index (Phi) is 4.34. The number of carbonyl (C=O) groups excluding carboxylic acids is 1. The molecule has 6 heteroatoms. The number of hydrogen-bond acceptors (Lipinski definition) is 5. The first-order valence-corrected chi connectivity index (χ1v) is 8.16. The van der Waals surface area contributed by atoms with Gasteiger partial charge in [-0.2, -0.15) is 0 Å². The number of nitro benzene ring substituents is 1. The second-order valence-corrected chi connectivity index (χ2v) is 6.48. The fourth-order valence-corrected chi connectivity index (χ4v) is 3.76. The zero-order valence-corrected chi connectivity index (χ0v) is 13.5. The Bertz CT molecular complexity index is 776. The first-order valence-electron chi connectivity index (χ1n) is 7.39. The van der Waals surface area contributed by atoms with E-state index in [9.17, 15) is 14.9 Å². The van der Waals surface area contributed by atoms with Crippen molar-refractivity contribution in [2.75, 3.05) is 10.8 Å². The lowest BCUT2D eigenvalue weighted by atomic mass is 10.0. The molecule has 2 aromatic rings. The molecule has 0 aromatic heterocycles. The van der Waals surface area contributed by atoms with Gasteiger partial charge in [-0.3, -0.25) is 14.9 Å². The van der Waals surface area contributed by atoms with E-state index in [4.69, 9.17) is 0 Å². The van der Waals surface area contributed by atoms with Gasteiger partial charge in [-0.25, -0.2) is 0 Å². The maximum Gasteiger partial charge on any atom is 0.285 e. The summed E-state index contributed by atoms with van der Waals surface area (Å²) in [6.07, 6.45) is 2.04. The number of anilines is 1. The summed E-state index contributed by atoms with van der Waals surface area (Å²) < 4.78 is 2.09. The lowest BCUT2D eigenvalue weighted by Crippen LogP contribution is -2.22. The van der Waals surface area contributed by atoms with E-state index < -0.39 is 4.92 Å². The summed E-state index contributed by atoms with van der Waals surface area (Å²) in [7, 11) is 0. The number of nitro groups is 1. The molecule has 1 aliphatic heterocycles. The zero-order valence-electron chi connectivity index (χ0n) is 12.7. The highest BCUT2D eigenvalue weighted by Crippen LogP contribution is 2.39. The van der Waals surface area contributed by atoms with Crippen LogP contribution in [0.15, 0.2) is 47.4 Å². The molecule has 118 valence electrons. The van der Waals surface area contributed by atoms with Gasteiger partial charge >= 0.3 is 0 Å². The molecule has 0 fully saturated rings. The normalized spacial score (nSPS) is 13.5. The molecule has 0 aliphatic carbocycles. The molecule has 0 saturated heterocycles. The minimum Gasteiger partial charge on any atom is -0.312 e. The largest absolute Gasteiger partial charge is 0.312 e. The molecular weight excluding hydrogens is 312 g/mol. The van der Waals surface area contributed by atoms with Crippen molar-refractivity contribution in [1.82, 2.24) is 0 Å². The fourth-order valence-electron chi connectivity index (χ4n) is 2.67. The Labute approximate surface area is 138 Å². The third kappa shape index (κ3) is 3.22. The molecule has 23 heavy (non-hydrogen) atoms. The Morgan fingerprint density at radius 1 is 1.26 bits per heavy atom. The van der Waals surface area contributed by atoms with E-state index in [0.29, 0.717) is 10.5 Å². The highest BCUT2D eigenvalue weighted by Gasteiger charge is 2.22. The highest BCUT2D eigenvalue weighted by molar-refractivity contribution is 8.00. The van der Waals surface area contributed by atoms with Crippen LogP contribution in [0.25, 0.3) is 0 Å². The number of Topliss-reactive ketones (excluding diaryl/α,β-unsaturated/α-hetero) is 1. The number of fused-ring (bicyclic) bond motifs is 1. The second-order valence-electron chi connectivity index (χ2n) is 5.42. The van der Waals surface area contributed by atoms with Crippen molar-refractivity contribution >= 4 is 29.1 Å². The third-order valence-electron chi connectivity index (χ3n) is 3.84. The molecule has 0 saturated carbocycles. The Morgan fingerprint density at radius 2 is 2.04 bits per heavy atom. The summed E-state index contributed by atoms with van der Waals surface area (Å²) in [5.41, 5.74) is 2.70. The van der Waals surface area contributed by atoms with E-state index in [-0.39, 0.29) is 11.5 Å². The number of rotatable bonds is 4. The van der Waals surface area contributed by atoms with Crippen molar-refractivity contribution in [2.24, 2.45) is 0 Å². The number of para-hydroxylation sites is 1. The van der Waals surface area contributed by atoms with Gasteiger partial charge in [0.1, 0.15) is 4.90 Å². The van der Waals surface area contributed by atoms with E-state index in [0.717, 1.165) is 25.1 Å². The maximum atomic E-state index is 11.4. The van der Waals surface area contributed by atoms with Gasteiger partial charge in [-0.1, -0.05) is 18.2 Å². The van der Waals surface area contributed by atoms with Crippen LogP contribution in [0.2, 0.25) is 0 Å². The minimum absolute atomic E-state index is 0.0224. The Balaban J connectivity index is 1.95. The molecule has 0 amide bonds. The molecule has 0 N–H and O–H groups in total. The van der Waals surface area contributed by atoms with Gasteiger partial charge in [-0.05, 0) is 55.5 Å². The van der Waals surface area contributed by atoms with Crippen molar-refractivity contribution in [3.63, 3.8) is 0 Å². The van der Waals surface area contributed by atoms with E-state index in [1.165, 1.54) is 30.5 Å². The van der Waals surface area contributed by atoms with Gasteiger partial charge in [0, 0.05) is 18.2 Å². The summed E-state index contributed by atoms with van der Waals surface area (Å²) in [6, 6.07) is 12.8. The average molecular weight is 328 g/mol. The molecular formula is C17H16N2O3S. The molecule has 1 heterocycles. The van der Waals surface area contributed by atoms with Crippen molar-refractivity contribution in [2.45, 2.75) is 24.7 Å². The van der Waals surface area contributed by atoms with Gasteiger partial charge in [-0.15, -0.1) is 0 Å². The summed E-state index contributed by atoms with van der Waals surface area (Å²) >= 11 is 1.36. The van der Waals surface area contributed by atoms with Crippen molar-refractivity contribution in [1.29, 1.82) is 0 Å². The van der Waals surface area contributed by atoms with Gasteiger partial charge in [0.2, 0.25) is 0 Å². The van der Waals surface area contributed by atoms with Crippen LogP contribution >= 0.6 is 11.9 Å². The lowest BCUT2D eigenvalue weighted by Gasteiger charge is -2.29. The third-order valence-corrected chi connectivity index (χ3v) is 4.98. The molecule has 0 radical (unpaired) electrons. The SMILES string of the molecule is CC(=O)c1ccc(SN2CCCc3ccccc32)c([N+](=O)[O-])c1. The average Bonchev–Trinajstić information content (AvgIpc) is 2.55. The van der Waals surface area contributed by atoms with Crippen LogP contribution in [0.1, 0.15) is 29.3 Å². The zero-order chi connectivity index (χ0) is 16.4. The highest BCUT2D eigenvalue weighted by atomic mass is 32.2. The molecule has 0 unspecified atom stereocenters. The lowest BCUT2D eigenvalue weighted by molar-refractivity contribution is -0.387. The predicted octanol–water partition coefficient (Wildman–Crippen LogP) is 4.26. The quantitative estimate of drug-likeness (QED) is 0.363. The van der Waals surface area contributed by atoms with Gasteiger partial charge in [0.15, 0.2) is 5.78 Å². The Hall–Kier alpha value is -2.34. The summed E-state index contributed by atoms with van der Waals surface area (Å²) in [6.45, 7) is 2.25. The molecule has 0 spiro atoms. The second kappa shape index (κ2) is 6.42. The topological polar surface area (TPSA) is 63.5 Å². The smallest absolute Gasteiger partial charge is 0.285 e. The van der Waals surface area contributed by atoms with Crippen LogP contribution < -0.4 is 4.31 Å². The van der Waals surface area contributed by atoms with Crippen molar-refractivity contribution in [3.05, 3.63) is 63.7 Å². The molecule has 0 atom stereocenters. The van der Waals surface area contributed by atoms with Crippen molar-refractivity contribution < 1.29 is 9.72 Å². The van der Waals surface area contributed by atoms with Crippen LogP contribution in [0.5, 0.6) is 0 Å². The number of hydrogen-bond donors (Lipinski definition) is 0. The fraction of sp³-hybridized carbons (Fsp3) is 0.235. The van der Waals surface area contributed by atoms with Gasteiger partial charge < -0.3 is 4.31 Å².